The van der Waals surface area contributed by atoms with E-state index >= 15 is 0 Å². The number of unbranched alkanes of at least 4 members (excludes halogenated alkanes) is 3. The van der Waals surface area contributed by atoms with E-state index in [1.807, 2.05) is 6.08 Å². The summed E-state index contributed by atoms with van der Waals surface area (Å²) in [6.45, 7) is 10.4. The minimum atomic E-state index is 0.878. The van der Waals surface area contributed by atoms with Crippen LogP contribution in [0.25, 0.3) is 0 Å². The second-order valence-corrected chi connectivity index (χ2v) is 4.75. The van der Waals surface area contributed by atoms with Crippen molar-refractivity contribution >= 4 is 0 Å². The molecule has 0 heterocycles. The molecule has 0 amide bonds. The van der Waals surface area contributed by atoms with Crippen LogP contribution in [0.15, 0.2) is 24.3 Å². The molecule has 1 aliphatic carbocycles. The summed E-state index contributed by atoms with van der Waals surface area (Å²) in [6, 6.07) is 0. The highest BCUT2D eigenvalue weighted by atomic mass is 14.1. The molecule has 0 nitrogen and oxygen atoms in total. The van der Waals surface area contributed by atoms with Crippen LogP contribution in [0.3, 0.4) is 0 Å². The van der Waals surface area contributed by atoms with Gasteiger partial charge in [-0.05, 0) is 44.4 Å². The summed E-state index contributed by atoms with van der Waals surface area (Å²) < 4.78 is 0. The molecule has 0 bridgehead atoms. The molecule has 1 rings (SSSR count). The van der Waals surface area contributed by atoms with E-state index in [2.05, 4.69) is 33.4 Å². The zero-order valence-corrected chi connectivity index (χ0v) is 11.6. The fraction of sp³-hybridized carbons (Fsp3) is 0.750. The van der Waals surface area contributed by atoms with E-state index in [-0.39, 0.29) is 0 Å². The van der Waals surface area contributed by atoms with Crippen molar-refractivity contribution in [3.63, 3.8) is 0 Å². The van der Waals surface area contributed by atoms with Gasteiger partial charge in [-0.25, -0.2) is 0 Å². The Kier molecular flexibility index (Phi) is 10.6. The summed E-state index contributed by atoms with van der Waals surface area (Å²) >= 11 is 0. The van der Waals surface area contributed by atoms with Crippen molar-refractivity contribution in [2.24, 2.45) is 5.92 Å². The van der Waals surface area contributed by atoms with Crippen LogP contribution < -0.4 is 0 Å². The molecule has 0 unspecified atom stereocenters. The predicted octanol–water partition coefficient (Wildman–Crippen LogP) is 5.90. The largest absolute Gasteiger partial charge is 0.103 e. The standard InChI is InChI=1S/C9H16.C7H14/c1-3-9-7-5-4-6-8(9)2;1-3-5-7-6-4-2/h7-8H,3-6H2,1-2H3;3H,1,4-7H2,2H3/t8-;/m1./s1. The Morgan fingerprint density at radius 3 is 2.56 bits per heavy atom. The molecule has 0 saturated carbocycles. The molecule has 0 heteroatoms. The SMILES string of the molecule is C=CCCCCC.CCC1=CCCC[C@H]1C. The van der Waals surface area contributed by atoms with Crippen LogP contribution in [-0.2, 0) is 0 Å². The third-order valence-electron chi connectivity index (χ3n) is 3.30. The highest BCUT2D eigenvalue weighted by Crippen LogP contribution is 2.25. The average Bonchev–Trinajstić information content (AvgIpc) is 2.31. The Morgan fingerprint density at radius 2 is 2.12 bits per heavy atom. The van der Waals surface area contributed by atoms with Crippen LogP contribution in [-0.4, -0.2) is 0 Å². The van der Waals surface area contributed by atoms with E-state index in [0.29, 0.717) is 0 Å². The van der Waals surface area contributed by atoms with Gasteiger partial charge in [0.1, 0.15) is 0 Å². The minimum absolute atomic E-state index is 0.878. The van der Waals surface area contributed by atoms with E-state index in [0.717, 1.165) is 5.92 Å². The maximum atomic E-state index is 3.63. The smallest absolute Gasteiger partial charge is 0.0232 e. The molecular formula is C16H30. The van der Waals surface area contributed by atoms with Crippen LogP contribution in [0.2, 0.25) is 0 Å². The van der Waals surface area contributed by atoms with E-state index < -0.39 is 0 Å². The van der Waals surface area contributed by atoms with Crippen molar-refractivity contribution in [2.45, 2.75) is 72.1 Å². The molecule has 0 spiro atoms. The number of hydrogen-bond acceptors (Lipinski definition) is 0. The first-order valence-electron chi connectivity index (χ1n) is 7.06. The van der Waals surface area contributed by atoms with Crippen molar-refractivity contribution in [2.75, 3.05) is 0 Å². The lowest BCUT2D eigenvalue weighted by Crippen LogP contribution is -2.02. The molecule has 0 N–H and O–H groups in total. The summed E-state index contributed by atoms with van der Waals surface area (Å²) in [5.41, 5.74) is 1.68. The molecule has 0 aliphatic heterocycles. The van der Waals surface area contributed by atoms with Gasteiger partial charge in [-0.3, -0.25) is 0 Å². The summed E-state index contributed by atoms with van der Waals surface area (Å²) in [4.78, 5) is 0. The van der Waals surface area contributed by atoms with Crippen LogP contribution in [0.1, 0.15) is 72.1 Å². The molecule has 0 fully saturated rings. The van der Waals surface area contributed by atoms with Crippen LogP contribution in [0.5, 0.6) is 0 Å². The summed E-state index contributed by atoms with van der Waals surface area (Å²) in [5, 5.41) is 0. The molecule has 16 heavy (non-hydrogen) atoms. The maximum Gasteiger partial charge on any atom is -0.0232 e. The quantitative estimate of drug-likeness (QED) is 0.401. The van der Waals surface area contributed by atoms with Gasteiger partial charge in [0.15, 0.2) is 0 Å². The second kappa shape index (κ2) is 11.0. The average molecular weight is 222 g/mol. The molecule has 0 aromatic carbocycles. The maximum absolute atomic E-state index is 3.63. The van der Waals surface area contributed by atoms with Crippen molar-refractivity contribution in [3.05, 3.63) is 24.3 Å². The first kappa shape index (κ1) is 15.5. The van der Waals surface area contributed by atoms with Crippen LogP contribution in [0.4, 0.5) is 0 Å². The third kappa shape index (κ3) is 7.73. The molecule has 1 atom stereocenters. The Hall–Kier alpha value is -0.520. The predicted molar refractivity (Wildman–Crippen MR) is 75.7 cm³/mol. The van der Waals surface area contributed by atoms with Crippen molar-refractivity contribution < 1.29 is 0 Å². The highest BCUT2D eigenvalue weighted by molar-refractivity contribution is 5.07. The summed E-state index contributed by atoms with van der Waals surface area (Å²) in [5.74, 6) is 0.878. The van der Waals surface area contributed by atoms with E-state index in [1.165, 1.54) is 51.4 Å². The Balaban J connectivity index is 0.000000293. The van der Waals surface area contributed by atoms with E-state index in [4.69, 9.17) is 0 Å². The molecule has 0 radical (unpaired) electrons. The topological polar surface area (TPSA) is 0 Å². The molecular weight excluding hydrogens is 192 g/mol. The Labute approximate surface area is 103 Å². The van der Waals surface area contributed by atoms with Gasteiger partial charge in [-0.1, -0.05) is 51.3 Å². The monoisotopic (exact) mass is 222 g/mol. The van der Waals surface area contributed by atoms with Crippen molar-refractivity contribution in [3.8, 4) is 0 Å². The summed E-state index contributed by atoms with van der Waals surface area (Å²) in [6.07, 6.45) is 15.0. The van der Waals surface area contributed by atoms with Gasteiger partial charge in [-0.15, -0.1) is 6.58 Å². The number of rotatable bonds is 5. The lowest BCUT2D eigenvalue weighted by Gasteiger charge is -2.18. The normalized spacial score (nSPS) is 19.4. The zero-order chi connectivity index (χ0) is 12.2. The zero-order valence-electron chi connectivity index (χ0n) is 11.6. The van der Waals surface area contributed by atoms with E-state index in [9.17, 15) is 0 Å². The highest BCUT2D eigenvalue weighted by Gasteiger charge is 2.09. The molecule has 1 aliphatic rings. The van der Waals surface area contributed by atoms with Gasteiger partial charge < -0.3 is 0 Å². The first-order valence-corrected chi connectivity index (χ1v) is 7.06. The van der Waals surface area contributed by atoms with Gasteiger partial charge in [0.05, 0.1) is 0 Å². The summed E-state index contributed by atoms with van der Waals surface area (Å²) in [7, 11) is 0. The Bertz CT molecular complexity index is 188. The lowest BCUT2D eigenvalue weighted by molar-refractivity contribution is 0.538. The van der Waals surface area contributed by atoms with Gasteiger partial charge >= 0.3 is 0 Å². The van der Waals surface area contributed by atoms with Crippen LogP contribution in [0, 0.1) is 5.92 Å². The molecule has 0 aromatic heterocycles. The first-order chi connectivity index (χ1) is 7.76. The number of hydrogen-bond donors (Lipinski definition) is 0. The second-order valence-electron chi connectivity index (χ2n) is 4.75. The van der Waals surface area contributed by atoms with Gasteiger partial charge in [0.2, 0.25) is 0 Å². The molecule has 94 valence electrons. The Morgan fingerprint density at radius 1 is 1.38 bits per heavy atom. The van der Waals surface area contributed by atoms with Gasteiger partial charge in [-0.2, -0.15) is 0 Å². The van der Waals surface area contributed by atoms with Crippen molar-refractivity contribution in [1.29, 1.82) is 0 Å². The number of allylic oxidation sites excluding steroid dienone is 3. The molecule has 0 aromatic rings. The minimum Gasteiger partial charge on any atom is -0.103 e. The fourth-order valence-electron chi connectivity index (χ4n) is 2.13. The third-order valence-corrected chi connectivity index (χ3v) is 3.30. The van der Waals surface area contributed by atoms with Gasteiger partial charge in [0.25, 0.3) is 0 Å². The van der Waals surface area contributed by atoms with E-state index in [1.54, 1.807) is 5.57 Å². The van der Waals surface area contributed by atoms with Crippen LogP contribution >= 0.6 is 0 Å². The molecule has 0 saturated heterocycles. The van der Waals surface area contributed by atoms with Crippen molar-refractivity contribution in [1.82, 2.24) is 0 Å². The lowest BCUT2D eigenvalue weighted by atomic mass is 9.88. The van der Waals surface area contributed by atoms with Gasteiger partial charge in [0, 0.05) is 0 Å². The fourth-order valence-corrected chi connectivity index (χ4v) is 2.13.